The first kappa shape index (κ1) is 34.6. The number of methoxy groups -OCH3 is 1. The molecule has 2 saturated heterocycles. The van der Waals surface area contributed by atoms with E-state index in [0.717, 1.165) is 106 Å². The highest BCUT2D eigenvalue weighted by molar-refractivity contribution is 5.67. The van der Waals surface area contributed by atoms with Gasteiger partial charge in [-0.2, -0.15) is 0 Å². The Kier molecular flexibility index (Phi) is 15.7. The summed E-state index contributed by atoms with van der Waals surface area (Å²) in [4.78, 5) is 0. The Morgan fingerprint density at radius 3 is 1.68 bits per heavy atom. The van der Waals surface area contributed by atoms with Crippen molar-refractivity contribution in [2.45, 2.75) is 90.3 Å². The van der Waals surface area contributed by atoms with Gasteiger partial charge < -0.3 is 33.2 Å². The van der Waals surface area contributed by atoms with Gasteiger partial charge >= 0.3 is 0 Å². The summed E-state index contributed by atoms with van der Waals surface area (Å²) in [5.41, 5.74) is 2.23. The zero-order valence-electron chi connectivity index (χ0n) is 27.4. The largest absolute Gasteiger partial charge is 0.494 e. The second-order valence-corrected chi connectivity index (χ2v) is 12.6. The van der Waals surface area contributed by atoms with Gasteiger partial charge in [0.25, 0.3) is 0 Å². The summed E-state index contributed by atoms with van der Waals surface area (Å²) in [6.45, 7) is 11.1. The van der Waals surface area contributed by atoms with Crippen molar-refractivity contribution >= 4 is 0 Å². The molecule has 0 radical (unpaired) electrons. The zero-order valence-corrected chi connectivity index (χ0v) is 27.4. The molecule has 4 unspecified atom stereocenters. The first-order chi connectivity index (χ1) is 21.6. The molecule has 2 aliphatic rings. The van der Waals surface area contributed by atoms with Crippen LogP contribution in [0, 0.1) is 11.8 Å². The standard InChI is InChI=1S/C37H56O7/c1-29(12-8-20-39-25-34-27-43-34)10-4-6-22-41-33-17-14-31(15-18-33)32-16-19-36(37(24-32)38-3)42-23-7-5-11-30(2)13-9-21-40-26-35-28-44-35/h14-19,24,29-30,34-35H,4-13,20-23,25-28H2,1-3H3. The number of hydrogen-bond donors (Lipinski definition) is 0. The lowest BCUT2D eigenvalue weighted by Gasteiger charge is -2.14. The monoisotopic (exact) mass is 612 g/mol. The molecule has 2 heterocycles. The third kappa shape index (κ3) is 14.2. The Bertz CT molecular complexity index is 1030. The van der Waals surface area contributed by atoms with Crippen LogP contribution >= 0.6 is 0 Å². The molecule has 246 valence electrons. The number of epoxide rings is 2. The van der Waals surface area contributed by atoms with E-state index in [9.17, 15) is 0 Å². The van der Waals surface area contributed by atoms with Crippen LogP contribution in [-0.2, 0) is 18.9 Å². The number of rotatable bonds is 26. The summed E-state index contributed by atoms with van der Waals surface area (Å²) >= 11 is 0. The summed E-state index contributed by atoms with van der Waals surface area (Å²) in [7, 11) is 1.70. The maximum Gasteiger partial charge on any atom is 0.161 e. The molecule has 44 heavy (non-hydrogen) atoms. The Morgan fingerprint density at radius 1 is 0.614 bits per heavy atom. The van der Waals surface area contributed by atoms with E-state index in [1.54, 1.807) is 7.11 Å². The van der Waals surface area contributed by atoms with Gasteiger partial charge in [0.1, 0.15) is 18.0 Å². The van der Waals surface area contributed by atoms with E-state index in [4.69, 9.17) is 33.2 Å². The smallest absolute Gasteiger partial charge is 0.161 e. The molecule has 2 aromatic carbocycles. The molecule has 0 N–H and O–H groups in total. The lowest BCUT2D eigenvalue weighted by Crippen LogP contribution is -2.05. The number of hydrogen-bond acceptors (Lipinski definition) is 7. The van der Waals surface area contributed by atoms with E-state index in [1.807, 2.05) is 6.07 Å². The van der Waals surface area contributed by atoms with Crippen LogP contribution in [0.1, 0.15) is 78.1 Å². The van der Waals surface area contributed by atoms with Crippen LogP contribution in [0.15, 0.2) is 42.5 Å². The number of ether oxygens (including phenoxy) is 7. The van der Waals surface area contributed by atoms with Crippen molar-refractivity contribution in [3.63, 3.8) is 0 Å². The minimum Gasteiger partial charge on any atom is -0.494 e. The van der Waals surface area contributed by atoms with Gasteiger partial charge in [-0.3, -0.25) is 0 Å². The van der Waals surface area contributed by atoms with Crippen molar-refractivity contribution in [2.75, 3.05) is 60.0 Å². The fourth-order valence-corrected chi connectivity index (χ4v) is 5.39. The molecule has 0 saturated carbocycles. The highest BCUT2D eigenvalue weighted by Gasteiger charge is 2.22. The Morgan fingerprint density at radius 2 is 1.14 bits per heavy atom. The van der Waals surface area contributed by atoms with Crippen molar-refractivity contribution in [1.29, 1.82) is 0 Å². The first-order valence-electron chi connectivity index (χ1n) is 17.0. The van der Waals surface area contributed by atoms with Crippen LogP contribution < -0.4 is 14.2 Å². The van der Waals surface area contributed by atoms with Crippen LogP contribution in [0.5, 0.6) is 17.2 Å². The normalized spacial score (nSPS) is 18.5. The molecule has 2 aromatic rings. The van der Waals surface area contributed by atoms with E-state index in [0.29, 0.717) is 24.7 Å². The molecule has 4 rings (SSSR count). The Labute approximate surface area is 265 Å². The van der Waals surface area contributed by atoms with Crippen molar-refractivity contribution < 1.29 is 33.2 Å². The molecule has 0 amide bonds. The molecule has 0 aromatic heterocycles. The second kappa shape index (κ2) is 19.9. The topological polar surface area (TPSA) is 71.2 Å². The molecular formula is C37H56O7. The van der Waals surface area contributed by atoms with Crippen molar-refractivity contribution in [1.82, 2.24) is 0 Å². The Balaban J connectivity index is 1.05. The molecule has 2 aliphatic heterocycles. The van der Waals surface area contributed by atoms with Crippen LogP contribution in [-0.4, -0.2) is 72.2 Å². The Hall–Kier alpha value is -2.32. The molecule has 0 aliphatic carbocycles. The fraction of sp³-hybridized carbons (Fsp3) is 0.676. The van der Waals surface area contributed by atoms with E-state index < -0.39 is 0 Å². The third-order valence-corrected chi connectivity index (χ3v) is 8.44. The number of unbranched alkanes of at least 4 members (excludes halogenated alkanes) is 2. The molecular weight excluding hydrogens is 556 g/mol. The van der Waals surface area contributed by atoms with E-state index in [-0.39, 0.29) is 0 Å². The van der Waals surface area contributed by atoms with Crippen molar-refractivity contribution in [3.8, 4) is 28.4 Å². The van der Waals surface area contributed by atoms with Gasteiger partial charge in [0.2, 0.25) is 0 Å². The summed E-state index contributed by atoms with van der Waals surface area (Å²) in [5, 5.41) is 0. The molecule has 2 fully saturated rings. The van der Waals surface area contributed by atoms with Crippen LogP contribution in [0.25, 0.3) is 11.1 Å². The van der Waals surface area contributed by atoms with Gasteiger partial charge in [-0.05, 0) is 98.6 Å². The van der Waals surface area contributed by atoms with E-state index >= 15 is 0 Å². The predicted molar refractivity (Wildman–Crippen MR) is 175 cm³/mol. The van der Waals surface area contributed by atoms with E-state index in [1.165, 1.54) is 38.5 Å². The quantitative estimate of drug-likeness (QED) is 0.0785. The van der Waals surface area contributed by atoms with Crippen LogP contribution in [0.3, 0.4) is 0 Å². The van der Waals surface area contributed by atoms with Crippen molar-refractivity contribution in [3.05, 3.63) is 42.5 Å². The highest BCUT2D eigenvalue weighted by Crippen LogP contribution is 2.33. The molecule has 0 bridgehead atoms. The van der Waals surface area contributed by atoms with Crippen LogP contribution in [0.4, 0.5) is 0 Å². The minimum atomic E-state index is 0.364. The van der Waals surface area contributed by atoms with Gasteiger partial charge in [-0.25, -0.2) is 0 Å². The van der Waals surface area contributed by atoms with Crippen molar-refractivity contribution in [2.24, 2.45) is 11.8 Å². The van der Waals surface area contributed by atoms with Gasteiger partial charge in [-0.15, -0.1) is 0 Å². The summed E-state index contributed by atoms with van der Waals surface area (Å²) in [5.74, 6) is 3.92. The summed E-state index contributed by atoms with van der Waals surface area (Å²) in [6, 6.07) is 14.5. The average molecular weight is 613 g/mol. The minimum absolute atomic E-state index is 0.364. The fourth-order valence-electron chi connectivity index (χ4n) is 5.39. The predicted octanol–water partition coefficient (Wildman–Crippen LogP) is 8.12. The summed E-state index contributed by atoms with van der Waals surface area (Å²) < 4.78 is 39.4. The average Bonchev–Trinajstić information content (AvgIpc) is 3.97. The lowest BCUT2D eigenvalue weighted by molar-refractivity contribution is 0.110. The van der Waals surface area contributed by atoms with Gasteiger partial charge in [0, 0.05) is 13.2 Å². The number of benzene rings is 2. The molecule has 7 heteroatoms. The maximum absolute atomic E-state index is 6.09. The van der Waals surface area contributed by atoms with Crippen LogP contribution in [0.2, 0.25) is 0 Å². The molecule has 4 atom stereocenters. The third-order valence-electron chi connectivity index (χ3n) is 8.44. The van der Waals surface area contributed by atoms with Gasteiger partial charge in [-0.1, -0.05) is 44.9 Å². The summed E-state index contributed by atoms with van der Waals surface area (Å²) in [6.07, 6.45) is 12.3. The zero-order chi connectivity index (χ0) is 30.8. The lowest BCUT2D eigenvalue weighted by atomic mass is 9.99. The second-order valence-electron chi connectivity index (χ2n) is 12.6. The molecule has 0 spiro atoms. The van der Waals surface area contributed by atoms with Gasteiger partial charge in [0.05, 0.1) is 46.8 Å². The molecule has 7 nitrogen and oxygen atoms in total. The van der Waals surface area contributed by atoms with E-state index in [2.05, 4.69) is 50.2 Å². The SMILES string of the molecule is COc1cc(-c2ccc(OCCCCC(C)CCCOCC3CO3)cc2)ccc1OCCCCC(C)CCCOCC1CO1. The highest BCUT2D eigenvalue weighted by atomic mass is 16.6. The maximum atomic E-state index is 6.09. The first-order valence-corrected chi connectivity index (χ1v) is 17.0. The van der Waals surface area contributed by atoms with Gasteiger partial charge in [0.15, 0.2) is 11.5 Å².